The van der Waals surface area contributed by atoms with Crippen molar-refractivity contribution in [2.24, 2.45) is 5.92 Å². The number of benzene rings is 1. The predicted molar refractivity (Wildman–Crippen MR) is 57.5 cm³/mol. The third-order valence-corrected chi connectivity index (χ3v) is 2.83. The largest absolute Gasteiger partial charge is 0.496 e. The summed E-state index contributed by atoms with van der Waals surface area (Å²) >= 11 is 0. The maximum Gasteiger partial charge on any atom is 0.123 e. The fourth-order valence-corrected chi connectivity index (χ4v) is 2.03. The molecule has 0 spiro atoms. The second-order valence-corrected chi connectivity index (χ2v) is 3.76. The average molecular weight is 202 g/mol. The lowest BCUT2D eigenvalue weighted by Gasteiger charge is -2.14. The van der Waals surface area contributed by atoms with Gasteiger partial charge in [-0.25, -0.2) is 0 Å². The standard InChI is InChI=1S/C12H14N2O/c1-15-12-5-3-2-4-10(12)11-6-9(7-13)8-14-11/h2-5,9,11,14H,6,8H2,1H3. The molecule has 78 valence electrons. The Labute approximate surface area is 89.7 Å². The summed E-state index contributed by atoms with van der Waals surface area (Å²) in [6.07, 6.45) is 0.872. The molecular formula is C12H14N2O. The Morgan fingerprint density at radius 1 is 1.47 bits per heavy atom. The van der Waals surface area contributed by atoms with Crippen LogP contribution in [0.2, 0.25) is 0 Å². The number of para-hydroxylation sites is 1. The summed E-state index contributed by atoms with van der Waals surface area (Å²) in [6, 6.07) is 10.5. The number of rotatable bonds is 2. The van der Waals surface area contributed by atoms with Gasteiger partial charge in [0.25, 0.3) is 0 Å². The lowest BCUT2D eigenvalue weighted by molar-refractivity contribution is 0.403. The topological polar surface area (TPSA) is 45.0 Å². The van der Waals surface area contributed by atoms with Crippen LogP contribution in [0.15, 0.2) is 24.3 Å². The summed E-state index contributed by atoms with van der Waals surface area (Å²) in [4.78, 5) is 0. The van der Waals surface area contributed by atoms with Crippen molar-refractivity contribution in [3.63, 3.8) is 0 Å². The molecule has 3 heteroatoms. The first-order valence-corrected chi connectivity index (χ1v) is 5.11. The van der Waals surface area contributed by atoms with Gasteiger partial charge in [-0.2, -0.15) is 5.26 Å². The molecule has 1 aromatic rings. The molecule has 1 N–H and O–H groups in total. The highest BCUT2D eigenvalue weighted by atomic mass is 16.5. The maximum absolute atomic E-state index is 8.84. The molecule has 2 atom stereocenters. The van der Waals surface area contributed by atoms with E-state index in [1.165, 1.54) is 0 Å². The van der Waals surface area contributed by atoms with Crippen LogP contribution >= 0.6 is 0 Å². The van der Waals surface area contributed by atoms with Crippen LogP contribution in [-0.4, -0.2) is 13.7 Å². The molecule has 1 aliphatic rings. The van der Waals surface area contributed by atoms with Crippen LogP contribution in [0.25, 0.3) is 0 Å². The van der Waals surface area contributed by atoms with Crippen LogP contribution in [0.3, 0.4) is 0 Å². The average Bonchev–Trinajstić information content (AvgIpc) is 2.77. The highest BCUT2D eigenvalue weighted by Gasteiger charge is 2.26. The Morgan fingerprint density at radius 2 is 2.27 bits per heavy atom. The van der Waals surface area contributed by atoms with E-state index >= 15 is 0 Å². The molecule has 0 bridgehead atoms. The van der Waals surface area contributed by atoms with Crippen molar-refractivity contribution in [3.8, 4) is 11.8 Å². The lowest BCUT2D eigenvalue weighted by Crippen LogP contribution is -2.14. The molecule has 0 aliphatic carbocycles. The first-order chi connectivity index (χ1) is 7.35. The van der Waals surface area contributed by atoms with Crippen LogP contribution in [-0.2, 0) is 0 Å². The van der Waals surface area contributed by atoms with E-state index in [1.54, 1.807) is 7.11 Å². The Morgan fingerprint density at radius 3 is 2.93 bits per heavy atom. The maximum atomic E-state index is 8.84. The van der Waals surface area contributed by atoms with Gasteiger partial charge < -0.3 is 10.1 Å². The van der Waals surface area contributed by atoms with Crippen molar-refractivity contribution in [1.82, 2.24) is 5.32 Å². The zero-order valence-electron chi connectivity index (χ0n) is 8.73. The lowest BCUT2D eigenvalue weighted by atomic mass is 10.0. The smallest absolute Gasteiger partial charge is 0.123 e. The number of nitriles is 1. The molecule has 1 fully saturated rings. The van der Waals surface area contributed by atoms with Crippen molar-refractivity contribution in [3.05, 3.63) is 29.8 Å². The van der Waals surface area contributed by atoms with Gasteiger partial charge in [-0.1, -0.05) is 18.2 Å². The molecule has 0 aromatic heterocycles. The van der Waals surface area contributed by atoms with Crippen molar-refractivity contribution >= 4 is 0 Å². The number of nitrogens with one attached hydrogen (secondary N) is 1. The van der Waals surface area contributed by atoms with Gasteiger partial charge in [-0.3, -0.25) is 0 Å². The third-order valence-electron chi connectivity index (χ3n) is 2.83. The van der Waals surface area contributed by atoms with Crippen LogP contribution in [0.1, 0.15) is 18.0 Å². The van der Waals surface area contributed by atoms with Gasteiger partial charge in [-0.15, -0.1) is 0 Å². The van der Waals surface area contributed by atoms with Gasteiger partial charge in [0.2, 0.25) is 0 Å². The molecule has 2 rings (SSSR count). The number of ether oxygens (including phenoxy) is 1. The van der Waals surface area contributed by atoms with Crippen LogP contribution < -0.4 is 10.1 Å². The Balaban J connectivity index is 2.20. The van der Waals surface area contributed by atoms with E-state index in [4.69, 9.17) is 10.00 Å². The van der Waals surface area contributed by atoms with Gasteiger partial charge in [-0.05, 0) is 12.5 Å². The molecular weight excluding hydrogens is 188 g/mol. The van der Waals surface area contributed by atoms with Gasteiger partial charge >= 0.3 is 0 Å². The van der Waals surface area contributed by atoms with Gasteiger partial charge in [0, 0.05) is 18.2 Å². The van der Waals surface area contributed by atoms with E-state index in [1.807, 2.05) is 18.2 Å². The summed E-state index contributed by atoms with van der Waals surface area (Å²) < 4.78 is 5.30. The van der Waals surface area contributed by atoms with Crippen LogP contribution in [0.5, 0.6) is 5.75 Å². The number of methoxy groups -OCH3 is 1. The van der Waals surface area contributed by atoms with Crippen molar-refractivity contribution in [1.29, 1.82) is 5.26 Å². The molecule has 0 amide bonds. The van der Waals surface area contributed by atoms with Gasteiger partial charge in [0.1, 0.15) is 5.75 Å². The van der Waals surface area contributed by atoms with E-state index in [-0.39, 0.29) is 12.0 Å². The molecule has 1 aliphatic heterocycles. The van der Waals surface area contributed by atoms with E-state index in [2.05, 4.69) is 17.5 Å². The molecule has 1 heterocycles. The summed E-state index contributed by atoms with van der Waals surface area (Å²) in [7, 11) is 1.68. The SMILES string of the molecule is COc1ccccc1C1CC(C#N)CN1. The number of hydrogen-bond acceptors (Lipinski definition) is 3. The molecule has 2 unspecified atom stereocenters. The summed E-state index contributed by atoms with van der Waals surface area (Å²) in [5, 5.41) is 12.2. The zero-order valence-corrected chi connectivity index (χ0v) is 8.73. The second-order valence-electron chi connectivity index (χ2n) is 3.76. The van der Waals surface area contributed by atoms with Gasteiger partial charge in [0.05, 0.1) is 19.1 Å². The molecule has 0 radical (unpaired) electrons. The Bertz CT molecular complexity index is 383. The fourth-order valence-electron chi connectivity index (χ4n) is 2.03. The molecule has 1 aromatic carbocycles. The predicted octanol–water partition coefficient (Wildman–Crippen LogP) is 1.87. The normalized spacial score (nSPS) is 24.8. The van der Waals surface area contributed by atoms with Crippen LogP contribution in [0.4, 0.5) is 0 Å². The van der Waals surface area contributed by atoms with E-state index in [0.717, 1.165) is 24.3 Å². The summed E-state index contributed by atoms with van der Waals surface area (Å²) in [5.74, 6) is 1.02. The second kappa shape index (κ2) is 4.33. The van der Waals surface area contributed by atoms with E-state index in [0.29, 0.717) is 0 Å². The summed E-state index contributed by atoms with van der Waals surface area (Å²) in [5.41, 5.74) is 1.15. The summed E-state index contributed by atoms with van der Waals surface area (Å²) in [6.45, 7) is 0.777. The zero-order chi connectivity index (χ0) is 10.7. The molecule has 1 saturated heterocycles. The monoisotopic (exact) mass is 202 g/mol. The van der Waals surface area contributed by atoms with Crippen molar-refractivity contribution in [2.75, 3.05) is 13.7 Å². The molecule has 3 nitrogen and oxygen atoms in total. The minimum absolute atomic E-state index is 0.125. The highest BCUT2D eigenvalue weighted by molar-refractivity contribution is 5.36. The molecule has 15 heavy (non-hydrogen) atoms. The van der Waals surface area contributed by atoms with E-state index < -0.39 is 0 Å². The van der Waals surface area contributed by atoms with Gasteiger partial charge in [0.15, 0.2) is 0 Å². The van der Waals surface area contributed by atoms with Crippen LogP contribution in [0, 0.1) is 17.2 Å². The Hall–Kier alpha value is -1.53. The minimum atomic E-state index is 0.125. The highest BCUT2D eigenvalue weighted by Crippen LogP contribution is 2.32. The fraction of sp³-hybridized carbons (Fsp3) is 0.417. The number of nitrogens with zero attached hydrogens (tertiary/aromatic N) is 1. The quantitative estimate of drug-likeness (QED) is 0.796. The Kier molecular flexibility index (Phi) is 2.89. The minimum Gasteiger partial charge on any atom is -0.496 e. The number of hydrogen-bond donors (Lipinski definition) is 1. The first kappa shape index (κ1) is 10.0. The van der Waals surface area contributed by atoms with Crippen molar-refractivity contribution < 1.29 is 4.74 Å². The third kappa shape index (κ3) is 1.95. The molecule has 0 saturated carbocycles. The van der Waals surface area contributed by atoms with E-state index in [9.17, 15) is 0 Å². The first-order valence-electron chi connectivity index (χ1n) is 5.11. The van der Waals surface area contributed by atoms with Crippen molar-refractivity contribution in [2.45, 2.75) is 12.5 Å².